The second-order valence-corrected chi connectivity index (χ2v) is 6.75. The molecule has 2 aromatic rings. The highest BCUT2D eigenvalue weighted by molar-refractivity contribution is 5.78. The zero-order valence-electron chi connectivity index (χ0n) is 13.9. The molecule has 2 N–H and O–H groups in total. The minimum Gasteiger partial charge on any atom is -0.394 e. The Bertz CT molecular complexity index is 709. The summed E-state index contributed by atoms with van der Waals surface area (Å²) in [6.45, 7) is 6.74. The summed E-state index contributed by atoms with van der Waals surface area (Å²) in [5.74, 6) is -1.31. The van der Waals surface area contributed by atoms with Crippen LogP contribution in [0.25, 0.3) is 11.0 Å². The average Bonchev–Trinajstić information content (AvgIpc) is 2.98. The first-order chi connectivity index (χ1) is 10.7. The van der Waals surface area contributed by atoms with Gasteiger partial charge in [-0.1, -0.05) is 0 Å². The minimum absolute atomic E-state index is 0.184. The van der Waals surface area contributed by atoms with Crippen molar-refractivity contribution in [3.63, 3.8) is 0 Å². The van der Waals surface area contributed by atoms with Crippen LogP contribution in [0.2, 0.25) is 0 Å². The Morgan fingerprint density at radius 3 is 2.87 bits per heavy atom. The van der Waals surface area contributed by atoms with E-state index in [0.717, 1.165) is 16.7 Å². The van der Waals surface area contributed by atoms with Gasteiger partial charge in [0.2, 0.25) is 0 Å². The van der Waals surface area contributed by atoms with Gasteiger partial charge < -0.3 is 24.3 Å². The minimum atomic E-state index is -1.31. The van der Waals surface area contributed by atoms with Crippen LogP contribution in [-0.4, -0.2) is 48.8 Å². The van der Waals surface area contributed by atoms with Crippen LogP contribution in [-0.2, 0) is 9.47 Å². The number of hydrogen-bond donors (Lipinski definition) is 2. The van der Waals surface area contributed by atoms with Crippen LogP contribution in [0.4, 0.5) is 0 Å². The Morgan fingerprint density at radius 1 is 1.48 bits per heavy atom. The molecular weight excluding hydrogens is 298 g/mol. The van der Waals surface area contributed by atoms with E-state index in [0.29, 0.717) is 6.42 Å². The summed E-state index contributed by atoms with van der Waals surface area (Å²) >= 11 is 0. The number of aliphatic hydroxyl groups excluding tert-OH is 1. The van der Waals surface area contributed by atoms with E-state index in [2.05, 4.69) is 9.97 Å². The summed E-state index contributed by atoms with van der Waals surface area (Å²) in [5, 5.41) is 20.6. The Balaban J connectivity index is 1.94. The molecule has 0 saturated carbocycles. The van der Waals surface area contributed by atoms with Crippen LogP contribution >= 0.6 is 0 Å². The van der Waals surface area contributed by atoms with Gasteiger partial charge in [-0.3, -0.25) is 0 Å². The first-order valence-corrected chi connectivity index (χ1v) is 7.70. The van der Waals surface area contributed by atoms with E-state index in [1.54, 1.807) is 13.8 Å². The number of fused-ring (bicyclic) bond motifs is 1. The van der Waals surface area contributed by atoms with Gasteiger partial charge in [-0.2, -0.15) is 0 Å². The summed E-state index contributed by atoms with van der Waals surface area (Å²) in [6, 6.07) is 1.95. The van der Waals surface area contributed by atoms with E-state index in [9.17, 15) is 10.2 Å². The third-order valence-corrected chi connectivity index (χ3v) is 4.25. The summed E-state index contributed by atoms with van der Waals surface area (Å²) in [4.78, 5) is 8.53. The van der Waals surface area contributed by atoms with Gasteiger partial charge in [0.1, 0.15) is 29.9 Å². The van der Waals surface area contributed by atoms with E-state index in [1.807, 2.05) is 30.7 Å². The lowest BCUT2D eigenvalue weighted by Crippen LogP contribution is -2.46. The Hall–Kier alpha value is -1.54. The smallest absolute Gasteiger partial charge is 0.160 e. The highest BCUT2D eigenvalue weighted by atomic mass is 16.7. The number of hydrogen-bond acceptors (Lipinski definition) is 6. The SMILES string of the molecule is Cc1ncnc2c1ccn2[C@H]1C[C@](C)(OC(C)(C)O)[C@@H](CO)O1. The molecule has 0 aliphatic carbocycles. The maximum atomic E-state index is 9.99. The molecule has 3 rings (SSSR count). The lowest BCUT2D eigenvalue weighted by molar-refractivity contribution is -0.254. The predicted molar refractivity (Wildman–Crippen MR) is 83.7 cm³/mol. The Labute approximate surface area is 134 Å². The van der Waals surface area contributed by atoms with Gasteiger partial charge in [-0.25, -0.2) is 9.97 Å². The fourth-order valence-electron chi connectivity index (χ4n) is 3.27. The molecule has 0 bridgehead atoms. The van der Waals surface area contributed by atoms with Crippen molar-refractivity contribution in [2.75, 3.05) is 6.61 Å². The highest BCUT2D eigenvalue weighted by Gasteiger charge is 2.49. The Kier molecular flexibility index (Phi) is 3.92. The molecule has 1 aliphatic heterocycles. The van der Waals surface area contributed by atoms with Crippen LogP contribution in [0.15, 0.2) is 18.6 Å². The van der Waals surface area contributed by atoms with Crippen LogP contribution in [0.5, 0.6) is 0 Å². The molecule has 0 amide bonds. The molecular formula is C16H23N3O4. The summed E-state index contributed by atoms with van der Waals surface area (Å²) < 4.78 is 13.7. The van der Waals surface area contributed by atoms with Gasteiger partial charge >= 0.3 is 0 Å². The number of aliphatic hydroxyl groups is 2. The number of aromatic nitrogens is 3. The lowest BCUT2D eigenvalue weighted by Gasteiger charge is -2.34. The van der Waals surface area contributed by atoms with Gasteiger partial charge in [0.05, 0.1) is 12.3 Å². The van der Waals surface area contributed by atoms with E-state index in [1.165, 1.54) is 6.33 Å². The second kappa shape index (κ2) is 5.52. The van der Waals surface area contributed by atoms with Crippen LogP contribution in [0, 0.1) is 6.92 Å². The van der Waals surface area contributed by atoms with Crippen molar-refractivity contribution in [3.05, 3.63) is 24.3 Å². The fourth-order valence-corrected chi connectivity index (χ4v) is 3.27. The molecule has 3 heterocycles. The molecule has 1 fully saturated rings. The third kappa shape index (κ3) is 2.97. The molecule has 126 valence electrons. The standard InChI is InChI=1S/C16H23N3O4/c1-10-11-5-6-19(14(11)18-9-17-10)13-7-16(4,12(8-20)22-13)23-15(2,3)21/h5-6,9,12-13,20-21H,7-8H2,1-4H3/t12-,13-,16+/m1/s1. The molecule has 0 radical (unpaired) electrons. The van der Waals surface area contributed by atoms with E-state index in [-0.39, 0.29) is 12.8 Å². The number of rotatable bonds is 4. The van der Waals surface area contributed by atoms with Crippen molar-refractivity contribution in [2.24, 2.45) is 0 Å². The van der Waals surface area contributed by atoms with E-state index >= 15 is 0 Å². The zero-order valence-corrected chi connectivity index (χ0v) is 13.9. The molecule has 1 aliphatic rings. The normalized spacial score (nSPS) is 28.6. The quantitative estimate of drug-likeness (QED) is 0.830. The summed E-state index contributed by atoms with van der Waals surface area (Å²) in [7, 11) is 0. The largest absolute Gasteiger partial charge is 0.394 e. The van der Waals surface area contributed by atoms with Crippen molar-refractivity contribution in [1.29, 1.82) is 0 Å². The first kappa shape index (κ1) is 16.3. The van der Waals surface area contributed by atoms with Gasteiger partial charge in [0.15, 0.2) is 5.79 Å². The number of nitrogens with zero attached hydrogens (tertiary/aromatic N) is 3. The monoisotopic (exact) mass is 321 g/mol. The molecule has 7 nitrogen and oxygen atoms in total. The molecule has 3 atom stereocenters. The molecule has 0 unspecified atom stereocenters. The first-order valence-electron chi connectivity index (χ1n) is 7.70. The topological polar surface area (TPSA) is 89.6 Å². The predicted octanol–water partition coefficient (Wildman–Crippen LogP) is 1.52. The molecule has 0 spiro atoms. The maximum Gasteiger partial charge on any atom is 0.160 e. The van der Waals surface area contributed by atoms with Crippen molar-refractivity contribution >= 4 is 11.0 Å². The Morgan fingerprint density at radius 2 is 2.22 bits per heavy atom. The molecule has 7 heteroatoms. The highest BCUT2D eigenvalue weighted by Crippen LogP contribution is 2.42. The van der Waals surface area contributed by atoms with Gasteiger partial charge in [0, 0.05) is 18.0 Å². The van der Waals surface area contributed by atoms with Crippen molar-refractivity contribution in [1.82, 2.24) is 14.5 Å². The van der Waals surface area contributed by atoms with Gasteiger partial charge in [-0.05, 0) is 33.8 Å². The molecule has 1 saturated heterocycles. The van der Waals surface area contributed by atoms with E-state index in [4.69, 9.17) is 9.47 Å². The van der Waals surface area contributed by atoms with Crippen molar-refractivity contribution in [3.8, 4) is 0 Å². The van der Waals surface area contributed by atoms with E-state index < -0.39 is 17.5 Å². The molecule has 2 aromatic heterocycles. The summed E-state index contributed by atoms with van der Waals surface area (Å²) in [6.07, 6.45) is 3.07. The number of aryl methyl sites for hydroxylation is 1. The summed E-state index contributed by atoms with van der Waals surface area (Å²) in [5.41, 5.74) is 0.892. The van der Waals surface area contributed by atoms with Crippen molar-refractivity contribution < 1.29 is 19.7 Å². The van der Waals surface area contributed by atoms with Crippen LogP contribution in [0.3, 0.4) is 0 Å². The maximum absolute atomic E-state index is 9.99. The van der Waals surface area contributed by atoms with Gasteiger partial charge in [0.25, 0.3) is 0 Å². The number of ether oxygens (including phenoxy) is 2. The van der Waals surface area contributed by atoms with Crippen LogP contribution in [0.1, 0.15) is 39.1 Å². The third-order valence-electron chi connectivity index (χ3n) is 4.25. The van der Waals surface area contributed by atoms with Crippen LogP contribution < -0.4 is 0 Å². The van der Waals surface area contributed by atoms with Crippen molar-refractivity contribution in [2.45, 2.75) is 57.8 Å². The molecule has 0 aromatic carbocycles. The second-order valence-electron chi connectivity index (χ2n) is 6.75. The lowest BCUT2D eigenvalue weighted by atomic mass is 9.97. The fraction of sp³-hybridized carbons (Fsp3) is 0.625. The van der Waals surface area contributed by atoms with Gasteiger partial charge in [-0.15, -0.1) is 0 Å². The zero-order chi connectivity index (χ0) is 16.8. The molecule has 23 heavy (non-hydrogen) atoms. The average molecular weight is 321 g/mol.